The average Bonchev–Trinajstić information content (AvgIpc) is 3.56. The van der Waals surface area contributed by atoms with Crippen LogP contribution in [0.1, 0.15) is 63.4 Å². The summed E-state index contributed by atoms with van der Waals surface area (Å²) in [6.45, 7) is 5.53. The first kappa shape index (κ1) is 24.2. The van der Waals surface area contributed by atoms with E-state index in [1.165, 1.54) is 4.68 Å². The van der Waals surface area contributed by atoms with Gasteiger partial charge in [0.15, 0.2) is 17.3 Å². The predicted octanol–water partition coefficient (Wildman–Crippen LogP) is 2.74. The van der Waals surface area contributed by atoms with Crippen LogP contribution < -0.4 is 15.0 Å². The summed E-state index contributed by atoms with van der Waals surface area (Å²) in [4.78, 5) is 30.7. The van der Waals surface area contributed by atoms with Gasteiger partial charge in [-0.1, -0.05) is 19.8 Å². The van der Waals surface area contributed by atoms with Crippen LogP contribution in [0.25, 0.3) is 10.9 Å². The number of aromatic amines is 1. The number of tetrazole rings is 1. The van der Waals surface area contributed by atoms with Gasteiger partial charge in [0, 0.05) is 29.6 Å². The Bertz CT molecular complexity index is 1280. The molecule has 0 spiro atoms. The minimum atomic E-state index is -0.381. The molecule has 1 aliphatic heterocycles. The van der Waals surface area contributed by atoms with Gasteiger partial charge < -0.3 is 19.2 Å². The molecular weight excluding hydrogens is 464 g/mol. The molecule has 0 amide bonds. The molecule has 0 radical (unpaired) electrons. The lowest BCUT2D eigenvalue weighted by atomic mass is 10.0. The second-order valence-corrected chi connectivity index (χ2v) is 9.24. The lowest BCUT2D eigenvalue weighted by Crippen LogP contribution is -2.39. The highest BCUT2D eigenvalue weighted by Crippen LogP contribution is 2.35. The molecule has 1 aromatic carbocycles. The molecule has 0 bridgehead atoms. The molecule has 0 unspecified atom stereocenters. The van der Waals surface area contributed by atoms with Crippen molar-refractivity contribution >= 4 is 16.9 Å². The number of carbonyl (C=O) groups is 1. The maximum absolute atomic E-state index is 13.2. The smallest absolute Gasteiger partial charge is 0.327 e. The van der Waals surface area contributed by atoms with Gasteiger partial charge in [-0.2, -0.15) is 0 Å². The van der Waals surface area contributed by atoms with E-state index in [1.807, 2.05) is 18.2 Å². The van der Waals surface area contributed by atoms with Gasteiger partial charge in [-0.15, -0.1) is 5.10 Å². The second-order valence-electron chi connectivity index (χ2n) is 9.24. The lowest BCUT2D eigenvalue weighted by Gasteiger charge is -2.35. The van der Waals surface area contributed by atoms with Crippen molar-refractivity contribution in [3.05, 3.63) is 39.9 Å². The SMILES string of the molecule is CCOC(=O)Cn1nnnc1[C@H](CC)N(Cc1cc2cc3c(cc2[nH]c1=O)OCCO3)C1CCCC1. The van der Waals surface area contributed by atoms with Crippen LogP contribution in [0.15, 0.2) is 23.0 Å². The standard InChI is InChI=1S/C25H32N6O5/c1-3-20(24-27-28-29-31(24)15-23(32)34-4-2)30(18-7-5-6-8-18)14-17-11-16-12-21-22(36-10-9-35-21)13-19(16)26-25(17)33/h11-13,18,20H,3-10,14-15H2,1-2H3,(H,26,33)/t20-/m0/s1. The molecule has 1 atom stereocenters. The minimum absolute atomic E-state index is 0.0467. The summed E-state index contributed by atoms with van der Waals surface area (Å²) in [5.41, 5.74) is 1.24. The van der Waals surface area contributed by atoms with Gasteiger partial charge in [0.1, 0.15) is 19.8 Å². The first-order chi connectivity index (χ1) is 17.6. The fraction of sp³-hybridized carbons (Fsp3) is 0.560. The summed E-state index contributed by atoms with van der Waals surface area (Å²) in [6.07, 6.45) is 5.09. The number of nitrogens with one attached hydrogen (secondary N) is 1. The van der Waals surface area contributed by atoms with Crippen LogP contribution >= 0.6 is 0 Å². The molecule has 1 aliphatic carbocycles. The molecule has 3 aromatic rings. The monoisotopic (exact) mass is 496 g/mol. The van der Waals surface area contributed by atoms with Crippen molar-refractivity contribution in [1.29, 1.82) is 0 Å². The molecule has 1 N–H and O–H groups in total. The number of fused-ring (bicyclic) bond motifs is 2. The molecule has 5 rings (SSSR count). The Morgan fingerprint density at radius 2 is 1.94 bits per heavy atom. The zero-order valence-electron chi connectivity index (χ0n) is 20.7. The van der Waals surface area contributed by atoms with E-state index >= 15 is 0 Å². The summed E-state index contributed by atoms with van der Waals surface area (Å²) >= 11 is 0. The number of rotatable bonds is 9. The Labute approximate surface area is 208 Å². The first-order valence-corrected chi connectivity index (χ1v) is 12.7. The number of benzene rings is 1. The number of hydrogen-bond donors (Lipinski definition) is 1. The van der Waals surface area contributed by atoms with Crippen molar-refractivity contribution < 1.29 is 19.0 Å². The molecule has 36 heavy (non-hydrogen) atoms. The van der Waals surface area contributed by atoms with Crippen LogP contribution in [0.3, 0.4) is 0 Å². The molecule has 11 heteroatoms. The zero-order chi connectivity index (χ0) is 25.1. The Balaban J connectivity index is 1.48. The van der Waals surface area contributed by atoms with Gasteiger partial charge in [-0.25, -0.2) is 4.68 Å². The summed E-state index contributed by atoms with van der Waals surface area (Å²) in [5, 5.41) is 13.1. The molecule has 1 saturated carbocycles. The van der Waals surface area contributed by atoms with Crippen LogP contribution in [0, 0.1) is 0 Å². The van der Waals surface area contributed by atoms with Crippen LogP contribution in [0.2, 0.25) is 0 Å². The van der Waals surface area contributed by atoms with Gasteiger partial charge in [0.05, 0.1) is 18.2 Å². The number of carbonyl (C=O) groups excluding carboxylic acids is 1. The van der Waals surface area contributed by atoms with Gasteiger partial charge in [-0.3, -0.25) is 14.5 Å². The molecule has 1 fully saturated rings. The normalized spacial score (nSPS) is 16.5. The fourth-order valence-corrected chi connectivity index (χ4v) is 5.29. The van der Waals surface area contributed by atoms with Gasteiger partial charge in [0.2, 0.25) is 0 Å². The third-order valence-corrected chi connectivity index (χ3v) is 6.96. The molecule has 0 saturated heterocycles. The van der Waals surface area contributed by atoms with Gasteiger partial charge in [0.25, 0.3) is 5.56 Å². The third kappa shape index (κ3) is 4.92. The van der Waals surface area contributed by atoms with E-state index in [1.54, 1.807) is 6.92 Å². The number of esters is 1. The molecule has 192 valence electrons. The zero-order valence-corrected chi connectivity index (χ0v) is 20.7. The average molecular weight is 497 g/mol. The van der Waals surface area contributed by atoms with Crippen molar-refractivity contribution in [2.75, 3.05) is 19.8 Å². The van der Waals surface area contributed by atoms with E-state index in [-0.39, 0.29) is 30.2 Å². The fourth-order valence-electron chi connectivity index (χ4n) is 5.29. The minimum Gasteiger partial charge on any atom is -0.486 e. The maximum atomic E-state index is 13.2. The maximum Gasteiger partial charge on any atom is 0.327 e. The van der Waals surface area contributed by atoms with Crippen molar-refractivity contribution in [3.63, 3.8) is 0 Å². The quantitative estimate of drug-likeness (QED) is 0.445. The Morgan fingerprint density at radius 3 is 2.67 bits per heavy atom. The third-order valence-electron chi connectivity index (χ3n) is 6.96. The van der Waals surface area contributed by atoms with Gasteiger partial charge >= 0.3 is 5.97 Å². The van der Waals surface area contributed by atoms with Crippen LogP contribution in [-0.4, -0.2) is 61.9 Å². The Kier molecular flexibility index (Phi) is 7.17. The Hall–Kier alpha value is -3.47. The molecule has 3 heterocycles. The predicted molar refractivity (Wildman–Crippen MR) is 131 cm³/mol. The summed E-state index contributed by atoms with van der Waals surface area (Å²) < 4.78 is 18.0. The second kappa shape index (κ2) is 10.7. The van der Waals surface area contributed by atoms with Crippen LogP contribution in [0.5, 0.6) is 11.5 Å². The van der Waals surface area contributed by atoms with Crippen molar-refractivity contribution in [2.24, 2.45) is 0 Å². The number of pyridine rings is 1. The highest BCUT2D eigenvalue weighted by molar-refractivity contribution is 5.83. The number of hydrogen-bond acceptors (Lipinski definition) is 9. The largest absolute Gasteiger partial charge is 0.486 e. The van der Waals surface area contributed by atoms with Crippen molar-refractivity contribution in [3.8, 4) is 11.5 Å². The molecule has 11 nitrogen and oxygen atoms in total. The number of nitrogens with zero attached hydrogens (tertiary/aromatic N) is 5. The van der Waals surface area contributed by atoms with E-state index in [0.29, 0.717) is 54.8 Å². The summed E-state index contributed by atoms with van der Waals surface area (Å²) in [5.74, 6) is 1.55. The van der Waals surface area contributed by atoms with Crippen molar-refractivity contribution in [2.45, 2.75) is 71.1 Å². The first-order valence-electron chi connectivity index (χ1n) is 12.7. The van der Waals surface area contributed by atoms with Gasteiger partial charge in [-0.05, 0) is 48.7 Å². The summed E-state index contributed by atoms with van der Waals surface area (Å²) in [6, 6.07) is 5.80. The molecular formula is C25H32N6O5. The topological polar surface area (TPSA) is 124 Å². The molecule has 2 aromatic heterocycles. The van der Waals surface area contributed by atoms with E-state index < -0.39 is 0 Å². The lowest BCUT2D eigenvalue weighted by molar-refractivity contribution is -0.144. The van der Waals surface area contributed by atoms with E-state index in [0.717, 1.165) is 37.5 Å². The highest BCUT2D eigenvalue weighted by atomic mass is 16.6. The van der Waals surface area contributed by atoms with Crippen LogP contribution in [-0.2, 0) is 22.6 Å². The van der Waals surface area contributed by atoms with Crippen molar-refractivity contribution in [1.82, 2.24) is 30.1 Å². The highest BCUT2D eigenvalue weighted by Gasteiger charge is 2.33. The number of H-pyrrole nitrogens is 1. The van der Waals surface area contributed by atoms with Crippen LogP contribution in [0.4, 0.5) is 0 Å². The number of aromatic nitrogens is 5. The van der Waals surface area contributed by atoms with E-state index in [4.69, 9.17) is 14.2 Å². The van der Waals surface area contributed by atoms with E-state index in [9.17, 15) is 9.59 Å². The number of ether oxygens (including phenoxy) is 3. The Morgan fingerprint density at radius 1 is 1.19 bits per heavy atom. The summed E-state index contributed by atoms with van der Waals surface area (Å²) in [7, 11) is 0. The molecule has 2 aliphatic rings. The van der Waals surface area contributed by atoms with E-state index in [2.05, 4.69) is 32.3 Å².